The Morgan fingerprint density at radius 3 is 2.69 bits per heavy atom. The summed E-state index contributed by atoms with van der Waals surface area (Å²) in [6, 6.07) is 10.1. The number of halogens is 2. The lowest BCUT2D eigenvalue weighted by atomic mass is 10.3. The van der Waals surface area contributed by atoms with Crippen LogP contribution in [0.2, 0.25) is 0 Å². The first-order chi connectivity index (χ1) is 14.0. The maximum atomic E-state index is 13.4. The molecular formula is C17H14BrFN6O4. The molecule has 0 aliphatic carbocycles. The van der Waals surface area contributed by atoms with E-state index in [0.29, 0.717) is 17.1 Å². The molecule has 0 atom stereocenters. The molecular weight excluding hydrogens is 451 g/mol. The smallest absolute Gasteiger partial charge is 0.325 e. The van der Waals surface area contributed by atoms with Gasteiger partial charge in [-0.1, -0.05) is 11.2 Å². The molecule has 0 saturated heterocycles. The topological polar surface area (TPSA) is 134 Å². The van der Waals surface area contributed by atoms with Crippen molar-refractivity contribution in [1.82, 2.24) is 10.3 Å². The quantitative estimate of drug-likeness (QED) is 0.195. The van der Waals surface area contributed by atoms with E-state index in [1.54, 1.807) is 24.3 Å². The molecule has 3 rings (SSSR count). The molecule has 0 fully saturated rings. The summed E-state index contributed by atoms with van der Waals surface area (Å²) in [4.78, 5) is 12.2. The van der Waals surface area contributed by atoms with Crippen LogP contribution in [-0.2, 0) is 0 Å². The SMILES string of the molecule is COc1cccc(NC(=O)Nc2nonc2C(=NO)Nc2ccc(F)c(Br)c2)c1. The number of rotatable bonds is 5. The van der Waals surface area contributed by atoms with E-state index in [1.807, 2.05) is 0 Å². The average Bonchev–Trinajstić information content (AvgIpc) is 3.16. The second kappa shape index (κ2) is 9.01. The minimum absolute atomic E-state index is 0.0752. The lowest BCUT2D eigenvalue weighted by Crippen LogP contribution is -2.23. The molecule has 2 aromatic carbocycles. The molecule has 4 N–H and O–H groups in total. The van der Waals surface area contributed by atoms with Gasteiger partial charge in [0.05, 0.1) is 11.6 Å². The molecule has 0 bridgehead atoms. The van der Waals surface area contributed by atoms with Crippen LogP contribution in [0.5, 0.6) is 5.75 Å². The number of hydrogen-bond donors (Lipinski definition) is 4. The second-order valence-electron chi connectivity index (χ2n) is 5.48. The second-order valence-corrected chi connectivity index (χ2v) is 6.33. The zero-order valence-corrected chi connectivity index (χ0v) is 16.4. The molecule has 12 heteroatoms. The Kier molecular flexibility index (Phi) is 6.24. The molecule has 3 aromatic rings. The molecule has 0 radical (unpaired) electrons. The molecule has 150 valence electrons. The van der Waals surface area contributed by atoms with Gasteiger partial charge in [0.25, 0.3) is 0 Å². The van der Waals surface area contributed by atoms with Gasteiger partial charge in [-0.2, -0.15) is 0 Å². The van der Waals surface area contributed by atoms with E-state index >= 15 is 0 Å². The van der Waals surface area contributed by atoms with E-state index in [0.717, 1.165) is 0 Å². The molecule has 0 aliphatic rings. The van der Waals surface area contributed by atoms with Crippen LogP contribution in [-0.4, -0.2) is 34.5 Å². The summed E-state index contributed by atoms with van der Waals surface area (Å²) < 4.78 is 23.3. The first-order valence-electron chi connectivity index (χ1n) is 7.99. The number of hydrogen-bond acceptors (Lipinski definition) is 7. The number of nitrogens with zero attached hydrogens (tertiary/aromatic N) is 3. The van der Waals surface area contributed by atoms with Gasteiger partial charge in [-0.25, -0.2) is 13.8 Å². The van der Waals surface area contributed by atoms with Crippen LogP contribution in [0, 0.1) is 5.82 Å². The number of amides is 2. The Balaban J connectivity index is 1.73. The Morgan fingerprint density at radius 2 is 1.97 bits per heavy atom. The van der Waals surface area contributed by atoms with Crippen molar-refractivity contribution in [3.8, 4) is 5.75 Å². The lowest BCUT2D eigenvalue weighted by molar-refractivity contribution is 0.261. The number of aromatic nitrogens is 2. The molecule has 1 aromatic heterocycles. The summed E-state index contributed by atoms with van der Waals surface area (Å²) >= 11 is 3.06. The van der Waals surface area contributed by atoms with Gasteiger partial charge in [0.15, 0.2) is 5.69 Å². The van der Waals surface area contributed by atoms with Crippen LogP contribution in [0.1, 0.15) is 5.69 Å². The highest BCUT2D eigenvalue weighted by Crippen LogP contribution is 2.22. The van der Waals surface area contributed by atoms with Crippen LogP contribution >= 0.6 is 15.9 Å². The first kappa shape index (κ1) is 20.1. The highest BCUT2D eigenvalue weighted by atomic mass is 79.9. The van der Waals surface area contributed by atoms with Crippen molar-refractivity contribution in [2.45, 2.75) is 0 Å². The number of urea groups is 1. The van der Waals surface area contributed by atoms with E-state index in [9.17, 15) is 14.4 Å². The van der Waals surface area contributed by atoms with Gasteiger partial charge in [0.2, 0.25) is 11.7 Å². The number of benzene rings is 2. The molecule has 0 aliphatic heterocycles. The van der Waals surface area contributed by atoms with Gasteiger partial charge in [-0.3, -0.25) is 5.32 Å². The van der Waals surface area contributed by atoms with E-state index in [2.05, 4.69) is 52.0 Å². The minimum atomic E-state index is -0.642. The third-order valence-electron chi connectivity index (χ3n) is 3.55. The molecule has 0 spiro atoms. The molecule has 29 heavy (non-hydrogen) atoms. The van der Waals surface area contributed by atoms with E-state index in [4.69, 9.17) is 4.74 Å². The van der Waals surface area contributed by atoms with Crippen molar-refractivity contribution in [3.63, 3.8) is 0 Å². The molecule has 1 heterocycles. The number of oxime groups is 1. The van der Waals surface area contributed by atoms with Gasteiger partial charge in [-0.05, 0) is 56.6 Å². The van der Waals surface area contributed by atoms with Gasteiger partial charge >= 0.3 is 6.03 Å². The van der Waals surface area contributed by atoms with Crippen LogP contribution < -0.4 is 20.7 Å². The average molecular weight is 465 g/mol. The van der Waals surface area contributed by atoms with Crippen molar-refractivity contribution >= 4 is 45.0 Å². The normalized spacial score (nSPS) is 11.1. The predicted octanol–water partition coefficient (Wildman–Crippen LogP) is 3.87. The maximum absolute atomic E-state index is 13.4. The molecule has 2 amide bonds. The fourth-order valence-electron chi connectivity index (χ4n) is 2.24. The molecule has 0 unspecified atom stereocenters. The fourth-order valence-corrected chi connectivity index (χ4v) is 2.62. The summed E-state index contributed by atoms with van der Waals surface area (Å²) in [6.45, 7) is 0. The number of carbonyl (C=O) groups is 1. The zero-order valence-electron chi connectivity index (χ0n) is 14.8. The summed E-state index contributed by atoms with van der Waals surface area (Å²) in [5, 5.41) is 27.4. The van der Waals surface area contributed by atoms with Crippen LogP contribution in [0.25, 0.3) is 0 Å². The van der Waals surface area contributed by atoms with Crippen LogP contribution in [0.15, 0.2) is 56.7 Å². The Bertz CT molecular complexity index is 1060. The molecule has 10 nitrogen and oxygen atoms in total. The fraction of sp³-hybridized carbons (Fsp3) is 0.0588. The molecule has 0 saturated carbocycles. The van der Waals surface area contributed by atoms with E-state index < -0.39 is 11.8 Å². The highest BCUT2D eigenvalue weighted by Gasteiger charge is 2.20. The standard InChI is InChI=1S/C17H14BrFN6O4/c1-28-11-4-2-3-9(7-11)21-17(26)22-16-14(24-29-25-16)15(23-27)20-10-5-6-13(19)12(18)8-10/h2-8,27H,1H3,(H,20,23)(H2,21,22,25,26). The Morgan fingerprint density at radius 1 is 1.17 bits per heavy atom. The lowest BCUT2D eigenvalue weighted by Gasteiger charge is -2.09. The summed E-state index contributed by atoms with van der Waals surface area (Å²) in [5.74, 6) is -0.179. The van der Waals surface area contributed by atoms with Crippen molar-refractivity contribution in [3.05, 3.63) is 58.4 Å². The maximum Gasteiger partial charge on any atom is 0.325 e. The van der Waals surface area contributed by atoms with E-state index in [1.165, 1.54) is 25.3 Å². The number of nitrogens with one attached hydrogen (secondary N) is 3. The highest BCUT2D eigenvalue weighted by molar-refractivity contribution is 9.10. The third-order valence-corrected chi connectivity index (χ3v) is 4.16. The number of amidine groups is 1. The van der Waals surface area contributed by atoms with Crippen molar-refractivity contribution < 1.29 is 23.8 Å². The van der Waals surface area contributed by atoms with Crippen molar-refractivity contribution in [2.75, 3.05) is 23.1 Å². The van der Waals surface area contributed by atoms with Gasteiger partial charge in [0.1, 0.15) is 11.6 Å². The summed E-state index contributed by atoms with van der Waals surface area (Å²) in [5.41, 5.74) is 0.791. The number of ether oxygens (including phenoxy) is 1. The monoisotopic (exact) mass is 464 g/mol. The predicted molar refractivity (Wildman–Crippen MR) is 106 cm³/mol. The van der Waals surface area contributed by atoms with Crippen LogP contribution in [0.4, 0.5) is 26.4 Å². The van der Waals surface area contributed by atoms with Gasteiger partial charge in [0, 0.05) is 17.4 Å². The first-order valence-corrected chi connectivity index (χ1v) is 8.78. The van der Waals surface area contributed by atoms with Crippen molar-refractivity contribution in [1.29, 1.82) is 0 Å². The largest absolute Gasteiger partial charge is 0.497 e. The summed E-state index contributed by atoms with van der Waals surface area (Å²) in [7, 11) is 1.51. The van der Waals surface area contributed by atoms with Gasteiger partial charge < -0.3 is 20.6 Å². The Labute approximate surface area is 171 Å². The summed E-state index contributed by atoms with van der Waals surface area (Å²) in [6.07, 6.45) is 0. The van der Waals surface area contributed by atoms with E-state index in [-0.39, 0.29) is 21.8 Å². The van der Waals surface area contributed by atoms with Crippen molar-refractivity contribution in [2.24, 2.45) is 5.16 Å². The zero-order chi connectivity index (χ0) is 20.8. The number of anilines is 3. The van der Waals surface area contributed by atoms with Crippen LogP contribution in [0.3, 0.4) is 0 Å². The Hall–Kier alpha value is -3.67. The third kappa shape index (κ3) is 4.99. The number of carbonyl (C=O) groups excluding carboxylic acids is 1. The number of methoxy groups -OCH3 is 1. The van der Waals surface area contributed by atoms with Gasteiger partial charge in [-0.15, -0.1) is 0 Å². The minimum Gasteiger partial charge on any atom is -0.497 e.